The molecule has 0 aliphatic carbocycles. The van der Waals surface area contributed by atoms with Gasteiger partial charge in [-0.2, -0.15) is 0 Å². The van der Waals surface area contributed by atoms with Crippen LogP contribution in [0, 0.1) is 0 Å². The number of anilines is 1. The second-order valence-electron chi connectivity index (χ2n) is 5.15. The maximum absolute atomic E-state index is 12.3. The van der Waals surface area contributed by atoms with Crippen LogP contribution >= 0.6 is 11.6 Å². The van der Waals surface area contributed by atoms with E-state index in [0.717, 1.165) is 12.8 Å². The smallest absolute Gasteiger partial charge is 0.285 e. The fourth-order valence-corrected chi connectivity index (χ4v) is 2.68. The number of piperidine rings is 1. The van der Waals surface area contributed by atoms with Gasteiger partial charge in [0.25, 0.3) is 5.91 Å². The summed E-state index contributed by atoms with van der Waals surface area (Å²) in [5.74, 6) is 5.39. The first-order valence-corrected chi connectivity index (χ1v) is 7.13. The normalized spacial score (nSPS) is 23.4. The van der Waals surface area contributed by atoms with Crippen molar-refractivity contribution in [2.24, 2.45) is 5.84 Å². The zero-order valence-electron chi connectivity index (χ0n) is 11.7. The van der Waals surface area contributed by atoms with Gasteiger partial charge in [0.2, 0.25) is 0 Å². The number of pyridine rings is 1. The Balaban J connectivity index is 2.15. The Kier molecular flexibility index (Phi) is 4.80. The lowest BCUT2D eigenvalue weighted by atomic mass is 10.00. The molecule has 1 aliphatic heterocycles. The molecule has 1 amide bonds. The highest BCUT2D eigenvalue weighted by atomic mass is 35.5. The zero-order valence-corrected chi connectivity index (χ0v) is 12.4. The molecule has 4 N–H and O–H groups in total. The average Bonchev–Trinajstić information content (AvgIpc) is 2.43. The van der Waals surface area contributed by atoms with Gasteiger partial charge < -0.3 is 5.43 Å². The van der Waals surface area contributed by atoms with E-state index in [-0.39, 0.29) is 11.6 Å². The largest absolute Gasteiger partial charge is 0.308 e. The van der Waals surface area contributed by atoms with Crippen LogP contribution in [0.1, 0.15) is 43.6 Å². The van der Waals surface area contributed by atoms with Gasteiger partial charge in [-0.1, -0.05) is 18.0 Å². The number of nitrogens with zero attached hydrogens (tertiary/aromatic N) is 2. The maximum Gasteiger partial charge on any atom is 0.285 e. The molecule has 0 radical (unpaired) electrons. The van der Waals surface area contributed by atoms with Gasteiger partial charge in [0.1, 0.15) is 5.82 Å². The van der Waals surface area contributed by atoms with Crippen LogP contribution in [0.5, 0.6) is 0 Å². The molecule has 2 atom stereocenters. The molecule has 1 aliphatic rings. The molecule has 2 heterocycles. The van der Waals surface area contributed by atoms with Crippen LogP contribution in [-0.4, -0.2) is 28.0 Å². The molecule has 0 saturated carbocycles. The number of rotatable bonds is 3. The number of hydrogen-bond donors (Lipinski definition) is 3. The van der Waals surface area contributed by atoms with Crippen LogP contribution in [0.3, 0.4) is 0 Å². The topological polar surface area (TPSA) is 83.3 Å². The van der Waals surface area contributed by atoms with Gasteiger partial charge in [-0.25, -0.2) is 15.8 Å². The third-order valence-corrected chi connectivity index (χ3v) is 3.94. The third-order valence-electron chi connectivity index (χ3n) is 3.63. The number of hydrogen-bond acceptors (Lipinski definition) is 5. The Morgan fingerprint density at radius 1 is 1.40 bits per heavy atom. The van der Waals surface area contributed by atoms with Crippen molar-refractivity contribution in [1.82, 2.24) is 15.4 Å². The van der Waals surface area contributed by atoms with Crippen molar-refractivity contribution in [1.29, 1.82) is 0 Å². The first-order valence-electron chi connectivity index (χ1n) is 6.75. The molecule has 2 rings (SSSR count). The average molecular weight is 298 g/mol. The molecule has 7 heteroatoms. The molecule has 20 heavy (non-hydrogen) atoms. The molecular weight excluding hydrogens is 278 g/mol. The molecule has 2 unspecified atom stereocenters. The predicted molar refractivity (Wildman–Crippen MR) is 79.1 cm³/mol. The number of nitrogens with one attached hydrogen (secondary N) is 2. The number of carbonyl (C=O) groups excluding carboxylic acids is 1. The molecular formula is C13H20ClN5O. The maximum atomic E-state index is 12.3. The summed E-state index contributed by atoms with van der Waals surface area (Å²) in [4.78, 5) is 16.4. The van der Waals surface area contributed by atoms with E-state index in [4.69, 9.17) is 17.4 Å². The lowest BCUT2D eigenvalue weighted by molar-refractivity contribution is 0.0366. The predicted octanol–water partition coefficient (Wildman–Crippen LogP) is 1.93. The Morgan fingerprint density at radius 3 is 2.65 bits per heavy atom. The van der Waals surface area contributed by atoms with Crippen LogP contribution in [0.4, 0.5) is 5.82 Å². The molecule has 110 valence electrons. The summed E-state index contributed by atoms with van der Waals surface area (Å²) in [5.41, 5.74) is 5.49. The first-order chi connectivity index (χ1) is 9.52. The van der Waals surface area contributed by atoms with Gasteiger partial charge in [0.05, 0.1) is 5.02 Å². The second-order valence-corrected chi connectivity index (χ2v) is 5.56. The van der Waals surface area contributed by atoms with E-state index < -0.39 is 0 Å². The van der Waals surface area contributed by atoms with Crippen LogP contribution in [-0.2, 0) is 0 Å². The van der Waals surface area contributed by atoms with Crippen molar-refractivity contribution in [3.05, 3.63) is 22.8 Å². The summed E-state index contributed by atoms with van der Waals surface area (Å²) in [6.45, 7) is 4.20. The number of nitrogens with two attached hydrogens (primary N) is 1. The standard InChI is InChI=1S/C13H20ClN5O/c1-8-4-3-5-9(2)19(8)18-13(20)12-10(14)6-7-11(16-12)17-15/h6-9H,3-5,15H2,1-2H3,(H,16,17)(H,18,20). The number of aromatic nitrogens is 1. The summed E-state index contributed by atoms with van der Waals surface area (Å²) in [5, 5.41) is 2.28. The van der Waals surface area contributed by atoms with E-state index in [1.165, 1.54) is 6.42 Å². The Hall–Kier alpha value is -1.37. The van der Waals surface area contributed by atoms with E-state index in [9.17, 15) is 4.79 Å². The number of carbonyl (C=O) groups is 1. The first kappa shape index (κ1) is 15.0. The molecule has 0 aromatic carbocycles. The van der Waals surface area contributed by atoms with E-state index in [2.05, 4.69) is 29.7 Å². The number of hydrazine groups is 2. The van der Waals surface area contributed by atoms with E-state index in [1.807, 2.05) is 5.01 Å². The Morgan fingerprint density at radius 2 is 2.05 bits per heavy atom. The molecule has 1 aromatic heterocycles. The van der Waals surface area contributed by atoms with Crippen molar-refractivity contribution in [2.75, 3.05) is 5.43 Å². The third kappa shape index (κ3) is 3.20. The van der Waals surface area contributed by atoms with Crippen molar-refractivity contribution in [2.45, 2.75) is 45.2 Å². The van der Waals surface area contributed by atoms with Crippen molar-refractivity contribution in [3.63, 3.8) is 0 Å². The van der Waals surface area contributed by atoms with Crippen molar-refractivity contribution < 1.29 is 4.79 Å². The molecule has 1 aromatic rings. The minimum Gasteiger partial charge on any atom is -0.308 e. The lowest BCUT2D eigenvalue weighted by Crippen LogP contribution is -2.54. The van der Waals surface area contributed by atoms with Gasteiger partial charge in [-0.05, 0) is 38.8 Å². The van der Waals surface area contributed by atoms with Crippen molar-refractivity contribution >= 4 is 23.3 Å². The molecule has 1 fully saturated rings. The van der Waals surface area contributed by atoms with Crippen LogP contribution in [0.2, 0.25) is 5.02 Å². The minimum atomic E-state index is -0.312. The van der Waals surface area contributed by atoms with Crippen LogP contribution in [0.25, 0.3) is 0 Å². The lowest BCUT2D eigenvalue weighted by Gasteiger charge is -2.38. The Bertz CT molecular complexity index is 486. The number of nitrogen functional groups attached to an aromatic ring is 1. The van der Waals surface area contributed by atoms with E-state index in [0.29, 0.717) is 22.9 Å². The fraction of sp³-hybridized carbons (Fsp3) is 0.538. The van der Waals surface area contributed by atoms with Gasteiger partial charge in [0.15, 0.2) is 5.69 Å². The molecule has 0 spiro atoms. The summed E-state index contributed by atoms with van der Waals surface area (Å²) >= 11 is 6.03. The van der Waals surface area contributed by atoms with Gasteiger partial charge in [-0.3, -0.25) is 10.2 Å². The molecule has 6 nitrogen and oxygen atoms in total. The van der Waals surface area contributed by atoms with Crippen LogP contribution < -0.4 is 16.7 Å². The zero-order chi connectivity index (χ0) is 14.7. The highest BCUT2D eigenvalue weighted by molar-refractivity contribution is 6.33. The summed E-state index contributed by atoms with van der Waals surface area (Å²) in [6, 6.07) is 3.82. The Labute approximate surface area is 123 Å². The highest BCUT2D eigenvalue weighted by Gasteiger charge is 2.27. The van der Waals surface area contributed by atoms with Gasteiger partial charge >= 0.3 is 0 Å². The quantitative estimate of drug-likeness (QED) is 0.586. The highest BCUT2D eigenvalue weighted by Crippen LogP contribution is 2.21. The van der Waals surface area contributed by atoms with Gasteiger partial charge in [-0.15, -0.1) is 0 Å². The molecule has 0 bridgehead atoms. The SMILES string of the molecule is CC1CCCC(C)N1NC(=O)c1nc(NN)ccc1Cl. The summed E-state index contributed by atoms with van der Waals surface area (Å²) in [7, 11) is 0. The van der Waals surface area contributed by atoms with E-state index in [1.54, 1.807) is 12.1 Å². The fourth-order valence-electron chi connectivity index (χ4n) is 2.49. The van der Waals surface area contributed by atoms with Gasteiger partial charge in [0, 0.05) is 12.1 Å². The molecule has 1 saturated heterocycles. The summed E-state index contributed by atoms with van der Waals surface area (Å²) < 4.78 is 0. The number of halogens is 1. The van der Waals surface area contributed by atoms with Crippen LogP contribution in [0.15, 0.2) is 12.1 Å². The number of amides is 1. The second kappa shape index (κ2) is 6.39. The van der Waals surface area contributed by atoms with Crippen molar-refractivity contribution in [3.8, 4) is 0 Å². The minimum absolute atomic E-state index is 0.173. The summed E-state index contributed by atoms with van der Waals surface area (Å²) in [6.07, 6.45) is 3.31. The van der Waals surface area contributed by atoms with E-state index >= 15 is 0 Å². The monoisotopic (exact) mass is 297 g/mol.